The second kappa shape index (κ2) is 8.68. The van der Waals surface area contributed by atoms with E-state index in [1.807, 2.05) is 23.2 Å². The van der Waals surface area contributed by atoms with Gasteiger partial charge in [0.05, 0.1) is 30.4 Å². The lowest BCUT2D eigenvalue weighted by Crippen LogP contribution is -2.50. The molecule has 3 heterocycles. The highest BCUT2D eigenvalue weighted by molar-refractivity contribution is 5.79. The Morgan fingerprint density at radius 1 is 1.25 bits per heavy atom. The average Bonchev–Trinajstić information content (AvgIpc) is 3.52. The molecular weight excluding hydrogens is 402 g/mol. The zero-order valence-corrected chi connectivity index (χ0v) is 18.8. The van der Waals surface area contributed by atoms with Gasteiger partial charge in [-0.15, -0.1) is 0 Å². The molecule has 1 saturated carbocycles. The molecule has 32 heavy (non-hydrogen) atoms. The minimum Gasteiger partial charge on any atom is -0.365 e. The molecule has 3 aliphatic rings. The first-order chi connectivity index (χ1) is 15.6. The number of carbonyl (C=O) groups excluding carboxylic acids is 1. The van der Waals surface area contributed by atoms with Gasteiger partial charge in [0, 0.05) is 51.8 Å². The number of rotatable bonds is 6. The Bertz CT molecular complexity index is 1010. The van der Waals surface area contributed by atoms with E-state index in [2.05, 4.69) is 22.6 Å². The third-order valence-corrected chi connectivity index (χ3v) is 7.10. The van der Waals surface area contributed by atoms with Crippen molar-refractivity contribution in [2.75, 3.05) is 33.3 Å². The predicted octanol–water partition coefficient (Wildman–Crippen LogP) is 2.69. The van der Waals surface area contributed by atoms with E-state index in [1.165, 1.54) is 25.1 Å². The number of amides is 1. The number of carbonyl (C=O) groups is 1. The summed E-state index contributed by atoms with van der Waals surface area (Å²) in [4.78, 5) is 22.0. The first-order valence-electron chi connectivity index (χ1n) is 11.7. The van der Waals surface area contributed by atoms with E-state index in [4.69, 9.17) is 15.0 Å². The second-order valence-corrected chi connectivity index (χ2v) is 9.57. The Kier molecular flexibility index (Phi) is 5.75. The van der Waals surface area contributed by atoms with Gasteiger partial charge in [0.2, 0.25) is 5.91 Å². The van der Waals surface area contributed by atoms with Crippen LogP contribution in [-0.4, -0.2) is 58.5 Å². The van der Waals surface area contributed by atoms with Gasteiger partial charge in [-0.25, -0.2) is 4.98 Å². The van der Waals surface area contributed by atoms with Crippen molar-refractivity contribution in [2.45, 2.75) is 50.8 Å². The molecular formula is C25H31N5O2. The van der Waals surface area contributed by atoms with Crippen LogP contribution < -0.4 is 0 Å². The standard InChI is InChI=1S/C25H31N5O2/c1-28(17-21-6-7-21)18-22-16-27-24-25(32-13-12-30(22)24)8-10-29(11-9-25)23(31)14-19-2-4-20(15-26)5-3-19/h2-5,16,21H,6-14,17-18H2,1H3. The molecule has 1 aromatic heterocycles. The molecule has 1 aliphatic carbocycles. The topological polar surface area (TPSA) is 74.4 Å². The average molecular weight is 434 g/mol. The molecule has 2 aromatic rings. The fraction of sp³-hybridized carbons (Fsp3) is 0.560. The SMILES string of the molecule is CN(Cc1cnc2n1CCOC21CCN(C(=O)Cc2ccc(C#N)cc2)CC1)CC1CC1. The molecule has 7 nitrogen and oxygen atoms in total. The lowest BCUT2D eigenvalue weighted by Gasteiger charge is -2.43. The first kappa shape index (κ1) is 21.2. The van der Waals surface area contributed by atoms with E-state index in [-0.39, 0.29) is 11.5 Å². The third-order valence-electron chi connectivity index (χ3n) is 7.10. The second-order valence-electron chi connectivity index (χ2n) is 9.57. The monoisotopic (exact) mass is 433 g/mol. The van der Waals surface area contributed by atoms with Crippen LogP contribution in [0.5, 0.6) is 0 Å². The van der Waals surface area contributed by atoms with Crippen molar-refractivity contribution in [3.8, 4) is 6.07 Å². The largest absolute Gasteiger partial charge is 0.365 e. The van der Waals surface area contributed by atoms with Gasteiger partial charge in [0.1, 0.15) is 11.4 Å². The van der Waals surface area contributed by atoms with Crippen LogP contribution in [0.3, 0.4) is 0 Å². The van der Waals surface area contributed by atoms with E-state index in [9.17, 15) is 4.79 Å². The Balaban J connectivity index is 1.22. The minimum absolute atomic E-state index is 0.131. The van der Waals surface area contributed by atoms with Gasteiger partial charge in [-0.3, -0.25) is 4.79 Å². The van der Waals surface area contributed by atoms with Crippen LogP contribution in [-0.2, 0) is 34.6 Å². The summed E-state index contributed by atoms with van der Waals surface area (Å²) in [6.45, 7) is 5.00. The van der Waals surface area contributed by atoms with Gasteiger partial charge in [-0.2, -0.15) is 5.26 Å². The Morgan fingerprint density at radius 3 is 2.69 bits per heavy atom. The highest BCUT2D eigenvalue weighted by atomic mass is 16.5. The number of hydrogen-bond acceptors (Lipinski definition) is 5. The van der Waals surface area contributed by atoms with Crippen molar-refractivity contribution in [1.82, 2.24) is 19.4 Å². The summed E-state index contributed by atoms with van der Waals surface area (Å²) < 4.78 is 8.69. The first-order valence-corrected chi connectivity index (χ1v) is 11.7. The normalized spacial score (nSPS) is 19.7. The quantitative estimate of drug-likeness (QED) is 0.700. The fourth-order valence-electron chi connectivity index (χ4n) is 5.10. The fourth-order valence-corrected chi connectivity index (χ4v) is 5.10. The maximum atomic E-state index is 12.9. The summed E-state index contributed by atoms with van der Waals surface area (Å²) in [5.74, 6) is 2.05. The molecule has 0 unspecified atom stereocenters. The molecule has 1 aromatic carbocycles. The van der Waals surface area contributed by atoms with Crippen LogP contribution in [0.1, 0.15) is 48.3 Å². The molecule has 2 fully saturated rings. The van der Waals surface area contributed by atoms with Crippen molar-refractivity contribution in [2.24, 2.45) is 5.92 Å². The van der Waals surface area contributed by atoms with E-state index in [1.54, 1.807) is 12.1 Å². The molecule has 0 radical (unpaired) electrons. The smallest absolute Gasteiger partial charge is 0.226 e. The van der Waals surface area contributed by atoms with Gasteiger partial charge in [0.25, 0.3) is 0 Å². The molecule has 0 N–H and O–H groups in total. The van der Waals surface area contributed by atoms with Crippen molar-refractivity contribution < 1.29 is 9.53 Å². The van der Waals surface area contributed by atoms with Crippen molar-refractivity contribution in [3.63, 3.8) is 0 Å². The molecule has 1 amide bonds. The van der Waals surface area contributed by atoms with Crippen molar-refractivity contribution >= 4 is 5.91 Å². The van der Waals surface area contributed by atoms with Gasteiger partial charge >= 0.3 is 0 Å². The highest BCUT2D eigenvalue weighted by Gasteiger charge is 2.44. The summed E-state index contributed by atoms with van der Waals surface area (Å²) in [6, 6.07) is 9.38. The molecule has 1 saturated heterocycles. The predicted molar refractivity (Wildman–Crippen MR) is 120 cm³/mol. The van der Waals surface area contributed by atoms with E-state index < -0.39 is 0 Å². The summed E-state index contributed by atoms with van der Waals surface area (Å²) in [5.41, 5.74) is 2.45. The maximum absolute atomic E-state index is 12.9. The van der Waals surface area contributed by atoms with Gasteiger partial charge in [-0.05, 0) is 43.5 Å². The molecule has 5 rings (SSSR count). The Labute approximate surface area is 189 Å². The lowest BCUT2D eigenvalue weighted by atomic mass is 9.89. The summed E-state index contributed by atoms with van der Waals surface area (Å²) in [6.07, 6.45) is 6.68. The number of piperidine rings is 1. The number of fused-ring (bicyclic) bond motifs is 2. The van der Waals surface area contributed by atoms with E-state index in [0.717, 1.165) is 43.2 Å². The number of nitrogens with zero attached hydrogens (tertiary/aromatic N) is 5. The number of likely N-dealkylation sites (tertiary alicyclic amines) is 1. The number of ether oxygens (including phenoxy) is 1. The van der Waals surface area contributed by atoms with Crippen LogP contribution in [0, 0.1) is 17.2 Å². The lowest BCUT2D eigenvalue weighted by molar-refractivity contribution is -0.143. The van der Waals surface area contributed by atoms with Gasteiger partial charge in [-0.1, -0.05) is 12.1 Å². The number of hydrogen-bond donors (Lipinski definition) is 0. The van der Waals surface area contributed by atoms with Crippen LogP contribution in [0.15, 0.2) is 30.5 Å². The Hall–Kier alpha value is -2.69. The van der Waals surface area contributed by atoms with Gasteiger partial charge in [0.15, 0.2) is 0 Å². The van der Waals surface area contributed by atoms with E-state index in [0.29, 0.717) is 31.7 Å². The van der Waals surface area contributed by atoms with Crippen LogP contribution in [0.4, 0.5) is 0 Å². The maximum Gasteiger partial charge on any atom is 0.226 e. The Morgan fingerprint density at radius 2 is 2.00 bits per heavy atom. The van der Waals surface area contributed by atoms with Crippen LogP contribution in [0.2, 0.25) is 0 Å². The van der Waals surface area contributed by atoms with Crippen LogP contribution >= 0.6 is 0 Å². The summed E-state index contributed by atoms with van der Waals surface area (Å²) >= 11 is 0. The molecule has 0 bridgehead atoms. The molecule has 168 valence electrons. The molecule has 1 spiro atoms. The highest BCUT2D eigenvalue weighted by Crippen LogP contribution is 2.39. The number of nitriles is 1. The zero-order valence-electron chi connectivity index (χ0n) is 18.8. The number of aromatic nitrogens is 2. The molecule has 7 heteroatoms. The van der Waals surface area contributed by atoms with Crippen molar-refractivity contribution in [3.05, 3.63) is 53.1 Å². The van der Waals surface area contributed by atoms with Gasteiger partial charge < -0.3 is 19.1 Å². The van der Waals surface area contributed by atoms with Crippen molar-refractivity contribution in [1.29, 1.82) is 5.26 Å². The molecule has 0 atom stereocenters. The zero-order chi connectivity index (χ0) is 22.1. The van der Waals surface area contributed by atoms with E-state index >= 15 is 0 Å². The van der Waals surface area contributed by atoms with Crippen LogP contribution in [0.25, 0.3) is 0 Å². The number of imidazole rings is 1. The molecule has 2 aliphatic heterocycles. The third kappa shape index (κ3) is 4.30. The summed E-state index contributed by atoms with van der Waals surface area (Å²) in [5, 5.41) is 8.94. The summed E-state index contributed by atoms with van der Waals surface area (Å²) in [7, 11) is 2.20. The minimum atomic E-state index is -0.378. The number of benzene rings is 1.